The van der Waals surface area contributed by atoms with Gasteiger partial charge in [-0.1, -0.05) is 23.7 Å². The zero-order valence-corrected chi connectivity index (χ0v) is 14.7. The number of piperazine rings is 1. The van der Waals surface area contributed by atoms with Crippen molar-refractivity contribution in [3.63, 3.8) is 0 Å². The molecule has 0 spiro atoms. The van der Waals surface area contributed by atoms with E-state index in [-0.39, 0.29) is 11.7 Å². The summed E-state index contributed by atoms with van der Waals surface area (Å²) in [5.41, 5.74) is 1.84. The highest BCUT2D eigenvalue weighted by molar-refractivity contribution is 6.33. The largest absolute Gasteiger partial charge is 0.383 e. The van der Waals surface area contributed by atoms with Crippen molar-refractivity contribution in [1.82, 2.24) is 4.90 Å². The van der Waals surface area contributed by atoms with Crippen molar-refractivity contribution in [1.29, 1.82) is 0 Å². The van der Waals surface area contributed by atoms with Crippen LogP contribution in [0.4, 0.5) is 15.8 Å². The number of carbonyl (C=O) groups is 1. The summed E-state index contributed by atoms with van der Waals surface area (Å²) in [5, 5.41) is 3.85. The number of halogens is 2. The van der Waals surface area contributed by atoms with Crippen LogP contribution in [0.15, 0.2) is 48.5 Å². The highest BCUT2D eigenvalue weighted by Crippen LogP contribution is 2.20. The number of nitrogens with one attached hydrogen (secondary N) is 1. The SMILES string of the molecule is O=C(CCNc1ccccc1Cl)N1CCN(c2ccc(F)cc2)CC1. The van der Waals surface area contributed by atoms with E-state index in [0.717, 1.165) is 24.5 Å². The van der Waals surface area contributed by atoms with Crippen LogP contribution in [-0.2, 0) is 4.79 Å². The van der Waals surface area contributed by atoms with Crippen LogP contribution in [0.1, 0.15) is 6.42 Å². The topological polar surface area (TPSA) is 35.6 Å². The second-order valence-electron chi connectivity index (χ2n) is 6.00. The third kappa shape index (κ3) is 4.63. The average molecular weight is 362 g/mol. The molecule has 2 aromatic rings. The Balaban J connectivity index is 1.44. The van der Waals surface area contributed by atoms with Gasteiger partial charge in [0.1, 0.15) is 5.82 Å². The second-order valence-corrected chi connectivity index (χ2v) is 6.41. The Bertz CT molecular complexity index is 715. The fraction of sp³-hybridized carbons (Fsp3) is 0.316. The van der Waals surface area contributed by atoms with E-state index >= 15 is 0 Å². The van der Waals surface area contributed by atoms with Crippen molar-refractivity contribution in [2.75, 3.05) is 42.9 Å². The maximum absolute atomic E-state index is 13.0. The van der Waals surface area contributed by atoms with Crippen LogP contribution in [0.3, 0.4) is 0 Å². The van der Waals surface area contributed by atoms with Crippen molar-refractivity contribution in [2.45, 2.75) is 6.42 Å². The molecule has 1 amide bonds. The van der Waals surface area contributed by atoms with Crippen molar-refractivity contribution in [2.24, 2.45) is 0 Å². The molecule has 132 valence electrons. The molecule has 1 N–H and O–H groups in total. The lowest BCUT2D eigenvalue weighted by molar-refractivity contribution is -0.131. The number of benzene rings is 2. The van der Waals surface area contributed by atoms with Crippen LogP contribution >= 0.6 is 11.6 Å². The molecule has 0 bridgehead atoms. The number of hydrogen-bond donors (Lipinski definition) is 1. The predicted octanol–water partition coefficient (Wildman–Crippen LogP) is 3.63. The van der Waals surface area contributed by atoms with Crippen molar-refractivity contribution in [3.05, 3.63) is 59.4 Å². The van der Waals surface area contributed by atoms with Crippen molar-refractivity contribution >= 4 is 28.9 Å². The summed E-state index contributed by atoms with van der Waals surface area (Å²) in [6.45, 7) is 3.44. The third-order valence-electron chi connectivity index (χ3n) is 4.35. The van der Waals surface area contributed by atoms with E-state index in [0.29, 0.717) is 31.1 Å². The normalized spacial score (nSPS) is 14.5. The van der Waals surface area contributed by atoms with Gasteiger partial charge in [0.2, 0.25) is 5.91 Å². The van der Waals surface area contributed by atoms with Crippen molar-refractivity contribution in [3.8, 4) is 0 Å². The molecule has 1 saturated heterocycles. The summed E-state index contributed by atoms with van der Waals surface area (Å²) >= 11 is 6.09. The van der Waals surface area contributed by atoms with Gasteiger partial charge in [0, 0.05) is 44.8 Å². The number of para-hydroxylation sites is 1. The van der Waals surface area contributed by atoms with E-state index in [1.54, 1.807) is 12.1 Å². The molecule has 0 unspecified atom stereocenters. The monoisotopic (exact) mass is 361 g/mol. The molecule has 0 aromatic heterocycles. The highest BCUT2D eigenvalue weighted by Gasteiger charge is 2.20. The fourth-order valence-corrected chi connectivity index (χ4v) is 3.14. The number of hydrogen-bond acceptors (Lipinski definition) is 3. The number of nitrogens with zero attached hydrogens (tertiary/aromatic N) is 2. The van der Waals surface area contributed by atoms with Crippen LogP contribution in [0, 0.1) is 5.82 Å². The number of anilines is 2. The Kier molecular flexibility index (Phi) is 5.76. The quantitative estimate of drug-likeness (QED) is 0.883. The van der Waals surface area contributed by atoms with Crippen LogP contribution < -0.4 is 10.2 Å². The first-order valence-corrected chi connectivity index (χ1v) is 8.78. The van der Waals surface area contributed by atoms with Gasteiger partial charge in [0.05, 0.1) is 10.7 Å². The van der Waals surface area contributed by atoms with E-state index in [2.05, 4.69) is 10.2 Å². The highest BCUT2D eigenvalue weighted by atomic mass is 35.5. The minimum Gasteiger partial charge on any atom is -0.383 e. The molecule has 1 fully saturated rings. The molecule has 6 heteroatoms. The van der Waals surface area contributed by atoms with Gasteiger partial charge in [-0.05, 0) is 36.4 Å². The fourth-order valence-electron chi connectivity index (χ4n) is 2.93. The minimum atomic E-state index is -0.233. The van der Waals surface area contributed by atoms with Gasteiger partial charge in [-0.15, -0.1) is 0 Å². The average Bonchev–Trinajstić information content (AvgIpc) is 2.64. The first-order valence-electron chi connectivity index (χ1n) is 8.40. The Morgan fingerprint density at radius 1 is 1.04 bits per heavy atom. The van der Waals surface area contributed by atoms with Crippen LogP contribution in [0.25, 0.3) is 0 Å². The second kappa shape index (κ2) is 8.21. The molecule has 25 heavy (non-hydrogen) atoms. The summed E-state index contributed by atoms with van der Waals surface area (Å²) in [4.78, 5) is 16.4. The lowest BCUT2D eigenvalue weighted by Crippen LogP contribution is -2.49. The lowest BCUT2D eigenvalue weighted by Gasteiger charge is -2.36. The van der Waals surface area contributed by atoms with Gasteiger partial charge >= 0.3 is 0 Å². The lowest BCUT2D eigenvalue weighted by atomic mass is 10.2. The zero-order valence-electron chi connectivity index (χ0n) is 13.9. The van der Waals surface area contributed by atoms with Gasteiger partial charge in [-0.2, -0.15) is 0 Å². The smallest absolute Gasteiger partial charge is 0.224 e. The molecular weight excluding hydrogens is 341 g/mol. The first-order chi connectivity index (χ1) is 12.1. The molecule has 1 heterocycles. The van der Waals surface area contributed by atoms with Crippen molar-refractivity contribution < 1.29 is 9.18 Å². The molecular formula is C19H21ClFN3O. The van der Waals surface area contributed by atoms with E-state index in [1.807, 2.05) is 29.2 Å². The van der Waals surface area contributed by atoms with Crippen LogP contribution in [-0.4, -0.2) is 43.5 Å². The molecule has 4 nitrogen and oxygen atoms in total. The maximum atomic E-state index is 13.0. The molecule has 2 aromatic carbocycles. The molecule has 0 saturated carbocycles. The van der Waals surface area contributed by atoms with Gasteiger partial charge < -0.3 is 15.1 Å². The molecule has 1 aliphatic heterocycles. The number of amides is 1. The predicted molar refractivity (Wildman–Crippen MR) is 99.8 cm³/mol. The number of carbonyl (C=O) groups excluding carboxylic acids is 1. The Hall–Kier alpha value is -2.27. The molecule has 1 aliphatic rings. The summed E-state index contributed by atoms with van der Waals surface area (Å²) in [5.74, 6) is -0.0955. The summed E-state index contributed by atoms with van der Waals surface area (Å²) in [7, 11) is 0. The first kappa shape index (κ1) is 17.5. The van der Waals surface area contributed by atoms with E-state index < -0.39 is 0 Å². The Morgan fingerprint density at radius 2 is 1.72 bits per heavy atom. The molecule has 0 aliphatic carbocycles. The van der Waals surface area contributed by atoms with Crippen LogP contribution in [0.2, 0.25) is 5.02 Å². The summed E-state index contributed by atoms with van der Waals surface area (Å²) < 4.78 is 13.0. The zero-order chi connectivity index (χ0) is 17.6. The third-order valence-corrected chi connectivity index (χ3v) is 4.68. The Morgan fingerprint density at radius 3 is 2.40 bits per heavy atom. The maximum Gasteiger partial charge on any atom is 0.224 e. The van der Waals surface area contributed by atoms with Gasteiger partial charge in [0.15, 0.2) is 0 Å². The van der Waals surface area contributed by atoms with Gasteiger partial charge in [0.25, 0.3) is 0 Å². The number of rotatable bonds is 5. The van der Waals surface area contributed by atoms with Crippen LogP contribution in [0.5, 0.6) is 0 Å². The van der Waals surface area contributed by atoms with Gasteiger partial charge in [-0.3, -0.25) is 4.79 Å². The Labute approximate surface area is 152 Å². The van der Waals surface area contributed by atoms with E-state index in [9.17, 15) is 9.18 Å². The molecule has 3 rings (SSSR count). The van der Waals surface area contributed by atoms with E-state index in [1.165, 1.54) is 12.1 Å². The molecule has 0 radical (unpaired) electrons. The molecule has 0 atom stereocenters. The van der Waals surface area contributed by atoms with E-state index in [4.69, 9.17) is 11.6 Å². The minimum absolute atomic E-state index is 0.137. The summed E-state index contributed by atoms with van der Waals surface area (Å²) in [6.07, 6.45) is 0.432. The van der Waals surface area contributed by atoms with Gasteiger partial charge in [-0.25, -0.2) is 4.39 Å². The summed E-state index contributed by atoms with van der Waals surface area (Å²) in [6, 6.07) is 14.0. The standard InChI is InChI=1S/C19H21ClFN3O/c20-17-3-1-2-4-18(17)22-10-9-19(25)24-13-11-23(12-14-24)16-7-5-15(21)6-8-16/h1-8,22H,9-14H2.